The zero-order chi connectivity index (χ0) is 21.0. The lowest BCUT2D eigenvalue weighted by atomic mass is 9.97. The summed E-state index contributed by atoms with van der Waals surface area (Å²) in [6.07, 6.45) is 3.79. The number of carbonyl (C=O) groups excluding carboxylic acids is 1. The largest absolute Gasteiger partial charge is 0.382 e. The Kier molecular flexibility index (Phi) is 6.01. The highest BCUT2D eigenvalue weighted by atomic mass is 16.2. The molecule has 2 heterocycles. The van der Waals surface area contributed by atoms with Crippen molar-refractivity contribution in [1.82, 2.24) is 14.8 Å². The summed E-state index contributed by atoms with van der Waals surface area (Å²) in [4.78, 5) is 18.3. The Balaban J connectivity index is 1.88. The Morgan fingerprint density at radius 1 is 1.14 bits per heavy atom. The van der Waals surface area contributed by atoms with Crippen LogP contribution in [0.2, 0.25) is 0 Å². The fourth-order valence-electron chi connectivity index (χ4n) is 2.87. The zero-order valence-corrected chi connectivity index (χ0v) is 17.8. The average Bonchev–Trinajstić information content (AvgIpc) is 3.14. The maximum atomic E-state index is 12.0. The number of nitrogens with one attached hydrogen (secondary N) is 1. The van der Waals surface area contributed by atoms with Crippen LogP contribution in [-0.2, 0) is 11.3 Å². The Hall–Kier alpha value is -3.15. The van der Waals surface area contributed by atoms with Crippen LogP contribution in [0.4, 0.5) is 11.5 Å². The molecule has 0 atom stereocenters. The summed E-state index contributed by atoms with van der Waals surface area (Å²) in [6.45, 7) is 9.51. The van der Waals surface area contributed by atoms with E-state index in [9.17, 15) is 4.79 Å². The first kappa shape index (κ1) is 20.6. The molecule has 0 aliphatic carbocycles. The molecular weight excluding hydrogens is 362 g/mol. The van der Waals surface area contributed by atoms with Gasteiger partial charge in [-0.05, 0) is 23.1 Å². The molecule has 29 heavy (non-hydrogen) atoms. The van der Waals surface area contributed by atoms with Crippen molar-refractivity contribution in [2.45, 2.75) is 34.2 Å². The Morgan fingerprint density at radius 2 is 1.86 bits per heavy atom. The molecule has 3 rings (SSSR count). The number of aromatic nitrogens is 3. The summed E-state index contributed by atoms with van der Waals surface area (Å²) < 4.78 is 1.90. The van der Waals surface area contributed by atoms with E-state index in [0.717, 1.165) is 23.5 Å². The van der Waals surface area contributed by atoms with Crippen molar-refractivity contribution in [3.63, 3.8) is 0 Å². The second kappa shape index (κ2) is 8.47. The van der Waals surface area contributed by atoms with Crippen LogP contribution in [0.15, 0.2) is 54.9 Å². The molecule has 0 spiro atoms. The summed E-state index contributed by atoms with van der Waals surface area (Å²) in [5, 5.41) is 7.90. The maximum Gasteiger partial charge on any atom is 0.224 e. The number of carbonyl (C=O) groups is 1. The van der Waals surface area contributed by atoms with E-state index in [1.165, 1.54) is 5.56 Å². The van der Waals surface area contributed by atoms with Crippen molar-refractivity contribution in [2.75, 3.05) is 23.8 Å². The van der Waals surface area contributed by atoms with Crippen LogP contribution in [0.1, 0.15) is 33.3 Å². The summed E-state index contributed by atoms with van der Waals surface area (Å²) in [5.74, 6) is 0.559. The predicted octanol–water partition coefficient (Wildman–Crippen LogP) is 4.43. The molecule has 3 aromatic rings. The third-order valence-electron chi connectivity index (χ3n) is 4.59. The number of hydrogen-bond acceptors (Lipinski definition) is 4. The lowest BCUT2D eigenvalue weighted by Gasteiger charge is -2.23. The quantitative estimate of drug-likeness (QED) is 0.675. The molecule has 0 aliphatic heterocycles. The average molecular weight is 392 g/mol. The van der Waals surface area contributed by atoms with Gasteiger partial charge in [-0.25, -0.2) is 4.98 Å². The molecule has 0 radical (unpaired) electrons. The van der Waals surface area contributed by atoms with Crippen LogP contribution in [0.5, 0.6) is 0 Å². The van der Waals surface area contributed by atoms with Crippen molar-refractivity contribution >= 4 is 17.4 Å². The molecule has 1 amide bonds. The molecule has 1 aromatic carbocycles. The highest BCUT2D eigenvalue weighted by Gasteiger charge is 2.17. The van der Waals surface area contributed by atoms with E-state index in [1.807, 2.05) is 47.4 Å². The van der Waals surface area contributed by atoms with E-state index < -0.39 is 0 Å². The number of amides is 1. The third kappa shape index (κ3) is 5.44. The molecule has 152 valence electrons. The van der Waals surface area contributed by atoms with E-state index in [4.69, 9.17) is 4.98 Å². The second-order valence-corrected chi connectivity index (χ2v) is 8.47. The van der Waals surface area contributed by atoms with Gasteiger partial charge in [-0.2, -0.15) is 5.10 Å². The van der Waals surface area contributed by atoms with Crippen LogP contribution < -0.4 is 10.2 Å². The highest BCUT2D eigenvalue weighted by Crippen LogP contribution is 2.29. The van der Waals surface area contributed by atoms with E-state index >= 15 is 0 Å². The second-order valence-electron chi connectivity index (χ2n) is 8.47. The van der Waals surface area contributed by atoms with Crippen LogP contribution in [0, 0.1) is 5.41 Å². The smallest absolute Gasteiger partial charge is 0.224 e. The van der Waals surface area contributed by atoms with Gasteiger partial charge < -0.3 is 5.32 Å². The molecule has 0 fully saturated rings. The van der Waals surface area contributed by atoms with E-state index in [2.05, 4.69) is 43.3 Å². The van der Waals surface area contributed by atoms with Crippen LogP contribution in [-0.4, -0.2) is 34.3 Å². The van der Waals surface area contributed by atoms with E-state index in [1.54, 1.807) is 18.9 Å². The molecule has 6 heteroatoms. The molecule has 0 aliphatic rings. The van der Waals surface area contributed by atoms with Crippen molar-refractivity contribution < 1.29 is 4.79 Å². The fraction of sp³-hybridized carbons (Fsp3) is 0.348. The summed E-state index contributed by atoms with van der Waals surface area (Å²) >= 11 is 0. The molecular formula is C23H29N5O. The lowest BCUT2D eigenvalue weighted by Crippen LogP contribution is -2.26. The summed E-state index contributed by atoms with van der Waals surface area (Å²) in [7, 11) is 1.75. The Labute approximate surface area is 172 Å². The van der Waals surface area contributed by atoms with Gasteiger partial charge >= 0.3 is 0 Å². The molecule has 1 N–H and O–H groups in total. The van der Waals surface area contributed by atoms with Gasteiger partial charge in [-0.3, -0.25) is 14.4 Å². The first-order valence-corrected chi connectivity index (χ1v) is 9.79. The molecule has 0 saturated carbocycles. The zero-order valence-electron chi connectivity index (χ0n) is 17.8. The fourth-order valence-corrected chi connectivity index (χ4v) is 2.87. The van der Waals surface area contributed by atoms with E-state index in [0.29, 0.717) is 12.4 Å². The number of benzene rings is 1. The van der Waals surface area contributed by atoms with Gasteiger partial charge in [-0.1, -0.05) is 51.1 Å². The van der Waals surface area contributed by atoms with Crippen molar-refractivity contribution in [3.05, 3.63) is 60.4 Å². The summed E-state index contributed by atoms with van der Waals surface area (Å²) in [6, 6.07) is 14.2. The van der Waals surface area contributed by atoms with Crippen molar-refractivity contribution in [3.8, 4) is 11.3 Å². The maximum absolute atomic E-state index is 12.0. The number of hydrogen-bond donors (Lipinski definition) is 1. The van der Waals surface area contributed by atoms with Crippen molar-refractivity contribution in [2.24, 2.45) is 5.41 Å². The summed E-state index contributed by atoms with van der Waals surface area (Å²) in [5.41, 5.74) is 3.85. The van der Waals surface area contributed by atoms with E-state index in [-0.39, 0.29) is 11.3 Å². The van der Waals surface area contributed by atoms with Gasteiger partial charge in [0, 0.05) is 32.3 Å². The number of pyridine rings is 1. The number of anilines is 2. The standard InChI is InChI=1S/C23H29N5O/c1-17(29)27(5)22-21(24-16-23(2,3)4)12-11-20(26-22)19-13-25-28(15-19)14-18-9-7-6-8-10-18/h6-13,15,24H,14,16H2,1-5H3. The van der Waals surface area contributed by atoms with Gasteiger partial charge in [0.05, 0.1) is 24.1 Å². The Bertz CT molecular complexity index is 972. The number of rotatable bonds is 6. The first-order chi connectivity index (χ1) is 13.7. The molecule has 2 aromatic heterocycles. The molecule has 0 unspecified atom stereocenters. The minimum atomic E-state index is -0.0618. The van der Waals surface area contributed by atoms with Crippen molar-refractivity contribution in [1.29, 1.82) is 0 Å². The van der Waals surface area contributed by atoms with Crippen LogP contribution in [0.3, 0.4) is 0 Å². The SMILES string of the molecule is CC(=O)N(C)c1nc(-c2cnn(Cc3ccccc3)c2)ccc1NCC(C)(C)C. The number of nitrogens with zero attached hydrogens (tertiary/aromatic N) is 4. The van der Waals surface area contributed by atoms with Gasteiger partial charge in [0.25, 0.3) is 0 Å². The molecule has 0 bridgehead atoms. The monoisotopic (exact) mass is 391 g/mol. The molecule has 6 nitrogen and oxygen atoms in total. The van der Waals surface area contributed by atoms with Gasteiger partial charge in [-0.15, -0.1) is 0 Å². The third-order valence-corrected chi connectivity index (χ3v) is 4.59. The minimum Gasteiger partial charge on any atom is -0.382 e. The van der Waals surface area contributed by atoms with Gasteiger partial charge in [0.2, 0.25) is 5.91 Å². The van der Waals surface area contributed by atoms with Gasteiger partial charge in [0.15, 0.2) is 5.82 Å². The normalized spacial score (nSPS) is 11.3. The first-order valence-electron chi connectivity index (χ1n) is 9.79. The predicted molar refractivity (Wildman–Crippen MR) is 118 cm³/mol. The van der Waals surface area contributed by atoms with Crippen LogP contribution >= 0.6 is 0 Å². The Morgan fingerprint density at radius 3 is 2.52 bits per heavy atom. The minimum absolute atomic E-state index is 0.0618. The topological polar surface area (TPSA) is 63.1 Å². The van der Waals surface area contributed by atoms with Crippen LogP contribution in [0.25, 0.3) is 11.3 Å². The lowest BCUT2D eigenvalue weighted by molar-refractivity contribution is -0.116. The van der Waals surface area contributed by atoms with Gasteiger partial charge in [0.1, 0.15) is 0 Å². The highest BCUT2D eigenvalue weighted by molar-refractivity contribution is 5.93. The molecule has 0 saturated heterocycles.